The van der Waals surface area contributed by atoms with E-state index in [4.69, 9.17) is 16.3 Å². The van der Waals surface area contributed by atoms with Crippen LogP contribution in [0.15, 0.2) is 24.3 Å². The number of amides is 1. The van der Waals surface area contributed by atoms with Crippen LogP contribution >= 0.6 is 11.6 Å². The van der Waals surface area contributed by atoms with Crippen molar-refractivity contribution in [3.8, 4) is 5.75 Å². The predicted molar refractivity (Wildman–Crippen MR) is 65.0 cm³/mol. The van der Waals surface area contributed by atoms with Crippen LogP contribution in [0.5, 0.6) is 5.75 Å². The van der Waals surface area contributed by atoms with E-state index in [-0.39, 0.29) is 11.9 Å². The van der Waals surface area contributed by atoms with E-state index in [0.717, 1.165) is 17.7 Å². The molecule has 1 amide bonds. The lowest BCUT2D eigenvalue weighted by atomic mass is 10.1. The summed E-state index contributed by atoms with van der Waals surface area (Å²) < 4.78 is 5.07. The van der Waals surface area contributed by atoms with Crippen molar-refractivity contribution in [2.45, 2.75) is 19.4 Å². The molecule has 1 aromatic carbocycles. The van der Waals surface area contributed by atoms with Gasteiger partial charge in [-0.25, -0.2) is 0 Å². The van der Waals surface area contributed by atoms with Crippen molar-refractivity contribution in [1.82, 2.24) is 5.32 Å². The minimum absolute atomic E-state index is 0.0208. The van der Waals surface area contributed by atoms with E-state index in [0.29, 0.717) is 5.88 Å². The fraction of sp³-hybridized carbons (Fsp3) is 0.417. The first kappa shape index (κ1) is 12.8. The van der Waals surface area contributed by atoms with Gasteiger partial charge in [0.2, 0.25) is 5.91 Å². The number of nitrogens with one attached hydrogen (secondary N) is 1. The van der Waals surface area contributed by atoms with Crippen LogP contribution in [0.4, 0.5) is 0 Å². The zero-order valence-electron chi connectivity index (χ0n) is 9.50. The maximum absolute atomic E-state index is 10.9. The van der Waals surface area contributed by atoms with Crippen molar-refractivity contribution in [3.63, 3.8) is 0 Å². The van der Waals surface area contributed by atoms with Gasteiger partial charge in [0.1, 0.15) is 5.75 Å². The fourth-order valence-corrected chi connectivity index (χ4v) is 1.66. The summed E-state index contributed by atoms with van der Waals surface area (Å²) in [4.78, 5) is 10.9. The zero-order chi connectivity index (χ0) is 12.0. The summed E-state index contributed by atoms with van der Waals surface area (Å²) >= 11 is 5.78. The quantitative estimate of drug-likeness (QED) is 0.801. The van der Waals surface area contributed by atoms with Crippen molar-refractivity contribution >= 4 is 17.5 Å². The highest BCUT2D eigenvalue weighted by molar-refractivity contribution is 6.18. The topological polar surface area (TPSA) is 38.3 Å². The van der Waals surface area contributed by atoms with Crippen LogP contribution in [-0.2, 0) is 11.2 Å². The van der Waals surface area contributed by atoms with Gasteiger partial charge in [0.05, 0.1) is 7.11 Å². The van der Waals surface area contributed by atoms with Gasteiger partial charge in [0.25, 0.3) is 0 Å². The molecule has 0 aromatic heterocycles. The largest absolute Gasteiger partial charge is 0.497 e. The Bertz CT molecular complexity index is 337. The molecule has 1 N–H and O–H groups in total. The Balaban J connectivity index is 2.59. The van der Waals surface area contributed by atoms with E-state index in [2.05, 4.69) is 5.32 Å². The highest BCUT2D eigenvalue weighted by Gasteiger charge is 2.09. The van der Waals surface area contributed by atoms with E-state index in [9.17, 15) is 4.79 Å². The molecule has 16 heavy (non-hydrogen) atoms. The first-order valence-corrected chi connectivity index (χ1v) is 5.65. The molecule has 0 spiro atoms. The summed E-state index contributed by atoms with van der Waals surface area (Å²) in [5.74, 6) is 1.18. The highest BCUT2D eigenvalue weighted by Crippen LogP contribution is 2.13. The third-order valence-electron chi connectivity index (χ3n) is 2.23. The average molecular weight is 242 g/mol. The molecule has 0 bridgehead atoms. The highest BCUT2D eigenvalue weighted by atomic mass is 35.5. The number of carbonyl (C=O) groups excluding carboxylic acids is 1. The van der Waals surface area contributed by atoms with Gasteiger partial charge in [0, 0.05) is 18.8 Å². The Morgan fingerprint density at radius 2 is 2.06 bits per heavy atom. The minimum atomic E-state index is -0.0563. The molecule has 0 aliphatic rings. The molecule has 0 saturated heterocycles. The lowest BCUT2D eigenvalue weighted by Crippen LogP contribution is -2.36. The fourth-order valence-electron chi connectivity index (χ4n) is 1.48. The van der Waals surface area contributed by atoms with Crippen LogP contribution in [0.25, 0.3) is 0 Å². The monoisotopic (exact) mass is 241 g/mol. The molecule has 88 valence electrons. The minimum Gasteiger partial charge on any atom is -0.497 e. The SMILES string of the molecule is COc1ccc(CC(CCl)NC(C)=O)cc1. The van der Waals surface area contributed by atoms with Crippen LogP contribution in [0.2, 0.25) is 0 Å². The lowest BCUT2D eigenvalue weighted by molar-refractivity contribution is -0.119. The number of halogens is 1. The van der Waals surface area contributed by atoms with Gasteiger partial charge in [-0.1, -0.05) is 12.1 Å². The Labute approximate surface area is 101 Å². The van der Waals surface area contributed by atoms with Crippen LogP contribution < -0.4 is 10.1 Å². The van der Waals surface area contributed by atoms with Gasteiger partial charge in [-0.15, -0.1) is 11.6 Å². The van der Waals surface area contributed by atoms with Crippen molar-refractivity contribution in [2.24, 2.45) is 0 Å². The van der Waals surface area contributed by atoms with Gasteiger partial charge in [-0.2, -0.15) is 0 Å². The number of ether oxygens (including phenoxy) is 1. The number of hydrogen-bond donors (Lipinski definition) is 1. The number of methoxy groups -OCH3 is 1. The second-order valence-corrected chi connectivity index (χ2v) is 3.91. The zero-order valence-corrected chi connectivity index (χ0v) is 10.3. The van der Waals surface area contributed by atoms with Gasteiger partial charge >= 0.3 is 0 Å². The van der Waals surface area contributed by atoms with Crippen LogP contribution in [-0.4, -0.2) is 24.9 Å². The number of benzene rings is 1. The smallest absolute Gasteiger partial charge is 0.217 e. The maximum Gasteiger partial charge on any atom is 0.217 e. The number of rotatable bonds is 5. The summed E-state index contributed by atoms with van der Waals surface area (Å²) in [5.41, 5.74) is 1.13. The Kier molecular flexibility index (Phi) is 5.12. The van der Waals surface area contributed by atoms with E-state index < -0.39 is 0 Å². The van der Waals surface area contributed by atoms with E-state index in [1.54, 1.807) is 7.11 Å². The molecule has 1 rings (SSSR count). The van der Waals surface area contributed by atoms with Crippen molar-refractivity contribution in [3.05, 3.63) is 29.8 Å². The molecule has 0 aliphatic heterocycles. The molecule has 0 heterocycles. The van der Waals surface area contributed by atoms with Gasteiger partial charge in [-0.3, -0.25) is 4.79 Å². The van der Waals surface area contributed by atoms with Gasteiger partial charge < -0.3 is 10.1 Å². The van der Waals surface area contributed by atoms with Crippen LogP contribution in [0.3, 0.4) is 0 Å². The Morgan fingerprint density at radius 1 is 1.44 bits per heavy atom. The summed E-state index contributed by atoms with van der Waals surface area (Å²) in [5, 5.41) is 2.80. The molecule has 1 aromatic rings. The second-order valence-electron chi connectivity index (χ2n) is 3.60. The van der Waals surface area contributed by atoms with E-state index in [1.165, 1.54) is 6.92 Å². The number of carbonyl (C=O) groups is 1. The molecule has 3 nitrogen and oxygen atoms in total. The molecule has 4 heteroatoms. The number of hydrogen-bond acceptors (Lipinski definition) is 2. The molecule has 0 fully saturated rings. The number of alkyl halides is 1. The molecular formula is C12H16ClNO2. The lowest BCUT2D eigenvalue weighted by Gasteiger charge is -2.14. The van der Waals surface area contributed by atoms with Crippen molar-refractivity contribution in [1.29, 1.82) is 0 Å². The normalized spacial score (nSPS) is 11.9. The Morgan fingerprint density at radius 3 is 2.50 bits per heavy atom. The van der Waals surface area contributed by atoms with Crippen molar-refractivity contribution < 1.29 is 9.53 Å². The summed E-state index contributed by atoms with van der Waals surface area (Å²) in [7, 11) is 1.63. The van der Waals surface area contributed by atoms with Gasteiger partial charge in [-0.05, 0) is 24.1 Å². The molecule has 1 unspecified atom stereocenters. The molecule has 0 radical (unpaired) electrons. The van der Waals surface area contributed by atoms with Crippen LogP contribution in [0, 0.1) is 0 Å². The average Bonchev–Trinajstić information content (AvgIpc) is 2.28. The standard InChI is InChI=1S/C12H16ClNO2/c1-9(15)14-11(8-13)7-10-3-5-12(16-2)6-4-10/h3-6,11H,7-8H2,1-2H3,(H,14,15). The van der Waals surface area contributed by atoms with E-state index >= 15 is 0 Å². The first-order valence-electron chi connectivity index (χ1n) is 5.11. The Hall–Kier alpha value is -1.22. The second kappa shape index (κ2) is 6.38. The summed E-state index contributed by atoms with van der Waals surface area (Å²) in [6, 6.07) is 7.72. The predicted octanol–water partition coefficient (Wildman–Crippen LogP) is 1.98. The van der Waals surface area contributed by atoms with Gasteiger partial charge in [0.15, 0.2) is 0 Å². The first-order chi connectivity index (χ1) is 7.65. The summed E-state index contributed by atoms with van der Waals surface area (Å²) in [6.07, 6.45) is 0.729. The van der Waals surface area contributed by atoms with Crippen molar-refractivity contribution in [2.75, 3.05) is 13.0 Å². The van der Waals surface area contributed by atoms with E-state index in [1.807, 2.05) is 24.3 Å². The molecule has 1 atom stereocenters. The third kappa shape index (κ3) is 4.11. The summed E-state index contributed by atoms with van der Waals surface area (Å²) in [6.45, 7) is 1.49. The van der Waals surface area contributed by atoms with Crippen LogP contribution in [0.1, 0.15) is 12.5 Å². The maximum atomic E-state index is 10.9. The molecule has 0 aliphatic carbocycles. The molecule has 0 saturated carbocycles. The third-order valence-corrected chi connectivity index (χ3v) is 2.61. The molecular weight excluding hydrogens is 226 g/mol.